The maximum Gasteiger partial charge on any atom is 0.123 e. The zero-order chi connectivity index (χ0) is 14.8. The summed E-state index contributed by atoms with van der Waals surface area (Å²) < 4.78 is 19.1. The van der Waals surface area contributed by atoms with E-state index in [9.17, 15) is 4.39 Å². The van der Waals surface area contributed by atoms with E-state index in [2.05, 4.69) is 20.8 Å². The third-order valence-corrected chi connectivity index (χ3v) is 3.45. The monoisotopic (exact) mass is 292 g/mol. The van der Waals surface area contributed by atoms with Crippen LogP contribution in [0.5, 0.6) is 5.75 Å². The highest BCUT2D eigenvalue weighted by Crippen LogP contribution is 2.31. The van der Waals surface area contributed by atoms with Gasteiger partial charge in [-0.05, 0) is 35.2 Å². The van der Waals surface area contributed by atoms with E-state index in [-0.39, 0.29) is 17.8 Å². The predicted octanol–water partition coefficient (Wildman–Crippen LogP) is 5.36. The van der Waals surface area contributed by atoms with Crippen molar-refractivity contribution in [1.82, 2.24) is 0 Å². The van der Waals surface area contributed by atoms with Gasteiger partial charge in [0.2, 0.25) is 0 Å². The normalized spacial score (nSPS) is 11.4. The molecule has 20 heavy (non-hydrogen) atoms. The smallest absolute Gasteiger partial charge is 0.123 e. The Hall–Kier alpha value is -1.54. The van der Waals surface area contributed by atoms with Crippen molar-refractivity contribution < 1.29 is 9.13 Å². The molecule has 0 saturated heterocycles. The summed E-state index contributed by atoms with van der Waals surface area (Å²) in [5.74, 6) is 0.498. The summed E-state index contributed by atoms with van der Waals surface area (Å²) in [6.07, 6.45) is 0. The molecule has 0 aliphatic rings. The van der Waals surface area contributed by atoms with Crippen LogP contribution in [0, 0.1) is 5.82 Å². The van der Waals surface area contributed by atoms with Crippen molar-refractivity contribution in [2.45, 2.75) is 32.8 Å². The van der Waals surface area contributed by atoms with Crippen molar-refractivity contribution in [2.24, 2.45) is 0 Å². The van der Waals surface area contributed by atoms with Crippen LogP contribution >= 0.6 is 11.6 Å². The topological polar surface area (TPSA) is 9.23 Å². The van der Waals surface area contributed by atoms with Gasteiger partial charge in [-0.2, -0.15) is 0 Å². The van der Waals surface area contributed by atoms with Crippen LogP contribution in [-0.4, -0.2) is 0 Å². The highest BCUT2D eigenvalue weighted by atomic mass is 35.5. The van der Waals surface area contributed by atoms with Gasteiger partial charge in [-0.3, -0.25) is 0 Å². The average Bonchev–Trinajstić information content (AvgIpc) is 2.39. The molecule has 2 aromatic carbocycles. The lowest BCUT2D eigenvalue weighted by Gasteiger charge is -2.22. The van der Waals surface area contributed by atoms with Crippen LogP contribution in [0.3, 0.4) is 0 Å². The largest absolute Gasteiger partial charge is 0.489 e. The molecule has 0 atom stereocenters. The fourth-order valence-electron chi connectivity index (χ4n) is 2.02. The van der Waals surface area contributed by atoms with Crippen LogP contribution < -0.4 is 4.74 Å². The lowest BCUT2D eigenvalue weighted by Crippen LogP contribution is -2.13. The number of benzene rings is 2. The second-order valence-corrected chi connectivity index (χ2v) is 6.18. The number of rotatable bonds is 3. The van der Waals surface area contributed by atoms with Crippen LogP contribution in [0.4, 0.5) is 4.39 Å². The number of hydrogen-bond donors (Lipinski definition) is 0. The number of hydrogen-bond acceptors (Lipinski definition) is 1. The van der Waals surface area contributed by atoms with E-state index in [0.717, 1.165) is 11.3 Å². The summed E-state index contributed by atoms with van der Waals surface area (Å²) in [5, 5.41) is 0.514. The van der Waals surface area contributed by atoms with Crippen LogP contribution in [0.1, 0.15) is 31.9 Å². The lowest BCUT2D eigenvalue weighted by molar-refractivity contribution is 0.297. The standard InChI is InChI=1S/C17H18ClFO/c1-17(2,3)14-6-4-5-7-16(14)20-11-12-10-13(19)8-9-15(12)18/h4-10H,11H2,1-3H3. The maximum atomic E-state index is 13.2. The van der Waals surface area contributed by atoms with Crippen LogP contribution in [0.15, 0.2) is 42.5 Å². The highest BCUT2D eigenvalue weighted by Gasteiger charge is 2.18. The molecule has 106 valence electrons. The summed E-state index contributed by atoms with van der Waals surface area (Å²) in [5.41, 5.74) is 1.75. The molecule has 0 fully saturated rings. The fourth-order valence-corrected chi connectivity index (χ4v) is 2.19. The van der Waals surface area contributed by atoms with Crippen molar-refractivity contribution in [3.8, 4) is 5.75 Å². The van der Waals surface area contributed by atoms with E-state index in [0.29, 0.717) is 10.6 Å². The minimum absolute atomic E-state index is 0.0116. The molecule has 0 bridgehead atoms. The van der Waals surface area contributed by atoms with Crippen molar-refractivity contribution >= 4 is 11.6 Å². The molecule has 0 N–H and O–H groups in total. The Labute approximate surface area is 124 Å². The average molecular weight is 293 g/mol. The first kappa shape index (κ1) is 14.9. The second-order valence-electron chi connectivity index (χ2n) is 5.77. The Morgan fingerprint density at radius 3 is 2.50 bits per heavy atom. The Morgan fingerprint density at radius 2 is 1.80 bits per heavy atom. The minimum atomic E-state index is -0.308. The van der Waals surface area contributed by atoms with Gasteiger partial charge in [0.25, 0.3) is 0 Å². The van der Waals surface area contributed by atoms with E-state index >= 15 is 0 Å². The lowest BCUT2D eigenvalue weighted by atomic mass is 9.86. The third kappa shape index (κ3) is 3.51. The van der Waals surface area contributed by atoms with Crippen molar-refractivity contribution in [1.29, 1.82) is 0 Å². The maximum absolute atomic E-state index is 13.2. The van der Waals surface area contributed by atoms with E-state index in [1.54, 1.807) is 6.07 Å². The summed E-state index contributed by atoms with van der Waals surface area (Å²) in [6.45, 7) is 6.64. The Balaban J connectivity index is 2.21. The van der Waals surface area contributed by atoms with Crippen molar-refractivity contribution in [3.63, 3.8) is 0 Å². The number of ether oxygens (including phenoxy) is 1. The first-order valence-electron chi connectivity index (χ1n) is 6.54. The van der Waals surface area contributed by atoms with Gasteiger partial charge < -0.3 is 4.74 Å². The molecule has 2 rings (SSSR count). The minimum Gasteiger partial charge on any atom is -0.489 e. The zero-order valence-corrected chi connectivity index (χ0v) is 12.7. The summed E-state index contributed by atoms with van der Waals surface area (Å²) in [6, 6.07) is 12.2. The molecule has 0 aliphatic heterocycles. The molecule has 0 spiro atoms. The van der Waals surface area contributed by atoms with E-state index in [1.165, 1.54) is 12.1 Å². The van der Waals surface area contributed by atoms with Gasteiger partial charge in [0.15, 0.2) is 0 Å². The molecule has 0 amide bonds. The molecule has 3 heteroatoms. The first-order valence-corrected chi connectivity index (χ1v) is 6.92. The summed E-state index contributed by atoms with van der Waals surface area (Å²) in [4.78, 5) is 0. The van der Waals surface area contributed by atoms with Crippen molar-refractivity contribution in [3.05, 3.63) is 64.4 Å². The van der Waals surface area contributed by atoms with Crippen LogP contribution in [-0.2, 0) is 12.0 Å². The predicted molar refractivity (Wildman–Crippen MR) is 80.9 cm³/mol. The molecular weight excluding hydrogens is 275 g/mol. The molecule has 0 heterocycles. The summed E-state index contributed by atoms with van der Waals surface area (Å²) >= 11 is 6.05. The van der Waals surface area contributed by atoms with Gasteiger partial charge >= 0.3 is 0 Å². The first-order chi connectivity index (χ1) is 9.38. The third-order valence-electron chi connectivity index (χ3n) is 3.09. The molecule has 0 saturated carbocycles. The fraction of sp³-hybridized carbons (Fsp3) is 0.294. The van der Waals surface area contributed by atoms with Gasteiger partial charge in [-0.25, -0.2) is 4.39 Å². The SMILES string of the molecule is CC(C)(C)c1ccccc1OCc1cc(F)ccc1Cl. The van der Waals surface area contributed by atoms with E-state index in [4.69, 9.17) is 16.3 Å². The van der Waals surface area contributed by atoms with Gasteiger partial charge in [0, 0.05) is 10.6 Å². The molecular formula is C17H18ClFO. The summed E-state index contributed by atoms with van der Waals surface area (Å²) in [7, 11) is 0. The van der Waals surface area contributed by atoms with Gasteiger partial charge in [0.05, 0.1) is 0 Å². The van der Waals surface area contributed by atoms with Gasteiger partial charge in [-0.1, -0.05) is 50.6 Å². The van der Waals surface area contributed by atoms with Crippen LogP contribution in [0.25, 0.3) is 0 Å². The molecule has 0 aromatic heterocycles. The van der Waals surface area contributed by atoms with E-state index < -0.39 is 0 Å². The van der Waals surface area contributed by atoms with Gasteiger partial charge in [0.1, 0.15) is 18.2 Å². The molecule has 0 radical (unpaired) electrons. The second kappa shape index (κ2) is 5.84. The quantitative estimate of drug-likeness (QED) is 0.740. The molecule has 1 nitrogen and oxygen atoms in total. The number of para-hydroxylation sites is 1. The Morgan fingerprint density at radius 1 is 1.10 bits per heavy atom. The van der Waals surface area contributed by atoms with Crippen LogP contribution in [0.2, 0.25) is 5.02 Å². The van der Waals surface area contributed by atoms with E-state index in [1.807, 2.05) is 24.3 Å². The zero-order valence-electron chi connectivity index (χ0n) is 11.9. The number of halogens is 2. The molecule has 0 unspecified atom stereocenters. The Bertz CT molecular complexity index is 602. The molecule has 2 aromatic rings. The molecule has 0 aliphatic carbocycles. The van der Waals surface area contributed by atoms with Gasteiger partial charge in [-0.15, -0.1) is 0 Å². The Kier molecular flexibility index (Phi) is 4.34. The van der Waals surface area contributed by atoms with Crippen molar-refractivity contribution in [2.75, 3.05) is 0 Å². The highest BCUT2D eigenvalue weighted by molar-refractivity contribution is 6.31.